The summed E-state index contributed by atoms with van der Waals surface area (Å²) in [7, 11) is 0. The Labute approximate surface area is 69.6 Å². The molecule has 0 aromatic rings. The van der Waals surface area contributed by atoms with E-state index in [1.807, 2.05) is 0 Å². The van der Waals surface area contributed by atoms with Gasteiger partial charge in [-0.3, -0.25) is 4.90 Å². The number of β-amino-alcohol motifs (C(OH)–C–C–N with tert-alkyl or cyclic N) is 1. The van der Waals surface area contributed by atoms with Gasteiger partial charge in [0.2, 0.25) is 0 Å². The minimum Gasteiger partial charge on any atom is -0.395 e. The number of halogens is 2. The summed E-state index contributed by atoms with van der Waals surface area (Å²) in [5.41, 5.74) is 0. The zero-order valence-corrected chi connectivity index (χ0v) is 6.71. The van der Waals surface area contributed by atoms with Crippen LogP contribution in [0.15, 0.2) is 0 Å². The first-order chi connectivity index (χ1) is 5.56. The normalized spacial score (nSPS) is 30.5. The Balaban J connectivity index is 2.45. The third-order valence-corrected chi connectivity index (χ3v) is 2.06. The second-order valence-electron chi connectivity index (χ2n) is 3.07. The van der Waals surface area contributed by atoms with Gasteiger partial charge in [0.25, 0.3) is 5.92 Å². The van der Waals surface area contributed by atoms with Crippen molar-refractivity contribution in [2.45, 2.75) is 18.4 Å². The van der Waals surface area contributed by atoms with Crippen molar-refractivity contribution in [1.82, 2.24) is 4.90 Å². The minimum absolute atomic E-state index is 0.0764. The number of rotatable bonds is 2. The number of alkyl halides is 2. The smallest absolute Gasteiger partial charge is 0.285 e. The summed E-state index contributed by atoms with van der Waals surface area (Å²) in [6.45, 7) is 0.112. The molecule has 1 aliphatic heterocycles. The van der Waals surface area contributed by atoms with Crippen molar-refractivity contribution in [2.75, 3.05) is 26.2 Å². The van der Waals surface area contributed by atoms with E-state index in [9.17, 15) is 8.78 Å². The molecule has 0 spiro atoms. The molecule has 1 aliphatic rings. The molecule has 0 aromatic heterocycles. The van der Waals surface area contributed by atoms with Gasteiger partial charge >= 0.3 is 0 Å². The monoisotopic (exact) mass is 181 g/mol. The van der Waals surface area contributed by atoms with Crippen molar-refractivity contribution in [1.29, 1.82) is 0 Å². The second-order valence-corrected chi connectivity index (χ2v) is 3.07. The predicted molar refractivity (Wildman–Crippen MR) is 39.1 cm³/mol. The Morgan fingerprint density at radius 2 is 2.17 bits per heavy atom. The number of aliphatic hydroxyl groups excluding tert-OH is 2. The van der Waals surface area contributed by atoms with E-state index in [0.717, 1.165) is 0 Å². The summed E-state index contributed by atoms with van der Waals surface area (Å²) in [6.07, 6.45) is -1.44. The Kier molecular flexibility index (Phi) is 2.98. The molecule has 2 N–H and O–H groups in total. The largest absolute Gasteiger partial charge is 0.395 e. The van der Waals surface area contributed by atoms with Crippen molar-refractivity contribution < 1.29 is 19.0 Å². The number of aliphatic hydroxyl groups is 2. The fourth-order valence-electron chi connectivity index (χ4n) is 1.33. The van der Waals surface area contributed by atoms with Gasteiger partial charge in [-0.05, 0) is 6.42 Å². The van der Waals surface area contributed by atoms with Gasteiger partial charge < -0.3 is 10.2 Å². The van der Waals surface area contributed by atoms with Crippen molar-refractivity contribution in [3.63, 3.8) is 0 Å². The summed E-state index contributed by atoms with van der Waals surface area (Å²) < 4.78 is 25.6. The van der Waals surface area contributed by atoms with E-state index in [1.54, 1.807) is 0 Å². The zero-order chi connectivity index (χ0) is 9.19. The van der Waals surface area contributed by atoms with Gasteiger partial charge in [0, 0.05) is 13.1 Å². The van der Waals surface area contributed by atoms with Crippen LogP contribution in [0.2, 0.25) is 0 Å². The molecule has 0 bridgehead atoms. The first kappa shape index (κ1) is 9.83. The van der Waals surface area contributed by atoms with E-state index in [-0.39, 0.29) is 19.6 Å². The number of hydrogen-bond acceptors (Lipinski definition) is 3. The summed E-state index contributed by atoms with van der Waals surface area (Å²) in [5.74, 6) is -3.02. The molecule has 0 aliphatic carbocycles. The highest BCUT2D eigenvalue weighted by atomic mass is 19.3. The maximum Gasteiger partial charge on any atom is 0.285 e. The molecular formula is C7H13F2NO2. The van der Waals surface area contributed by atoms with Gasteiger partial charge in [0.1, 0.15) is 6.10 Å². The number of nitrogens with zero attached hydrogens (tertiary/aromatic N) is 1. The van der Waals surface area contributed by atoms with Crippen LogP contribution in [0.1, 0.15) is 6.42 Å². The summed E-state index contributed by atoms with van der Waals surface area (Å²) in [4.78, 5) is 1.45. The van der Waals surface area contributed by atoms with Crippen LogP contribution in [0.5, 0.6) is 0 Å². The number of hydrogen-bond donors (Lipinski definition) is 2. The van der Waals surface area contributed by atoms with Crippen LogP contribution in [0.4, 0.5) is 8.78 Å². The van der Waals surface area contributed by atoms with Crippen LogP contribution in [0, 0.1) is 0 Å². The van der Waals surface area contributed by atoms with E-state index < -0.39 is 18.6 Å². The van der Waals surface area contributed by atoms with Crippen molar-refractivity contribution >= 4 is 0 Å². The fraction of sp³-hybridized carbons (Fsp3) is 1.00. The maximum absolute atomic E-state index is 12.8. The number of piperidine rings is 1. The van der Waals surface area contributed by atoms with E-state index in [4.69, 9.17) is 10.2 Å². The molecule has 1 heterocycles. The molecule has 0 saturated carbocycles. The quantitative estimate of drug-likeness (QED) is 0.613. The summed E-state index contributed by atoms with van der Waals surface area (Å²) in [5, 5.41) is 17.4. The van der Waals surface area contributed by atoms with Gasteiger partial charge in [0.05, 0.1) is 13.2 Å². The Bertz CT molecular complexity index is 154. The topological polar surface area (TPSA) is 43.7 Å². The second kappa shape index (κ2) is 3.64. The molecule has 5 heteroatoms. The molecule has 0 radical (unpaired) electrons. The molecule has 1 atom stereocenters. The highest BCUT2D eigenvalue weighted by Gasteiger charge is 2.43. The molecular weight excluding hydrogens is 168 g/mol. The fourth-order valence-corrected chi connectivity index (χ4v) is 1.33. The van der Waals surface area contributed by atoms with E-state index in [0.29, 0.717) is 6.54 Å². The van der Waals surface area contributed by atoms with Crippen molar-refractivity contribution in [3.8, 4) is 0 Å². The molecule has 0 amide bonds. The van der Waals surface area contributed by atoms with E-state index in [2.05, 4.69) is 0 Å². The third kappa shape index (κ3) is 2.12. The van der Waals surface area contributed by atoms with E-state index in [1.165, 1.54) is 4.90 Å². The first-order valence-corrected chi connectivity index (χ1v) is 3.95. The summed E-state index contributed by atoms with van der Waals surface area (Å²) in [6, 6.07) is 0. The molecule has 0 unspecified atom stereocenters. The lowest BCUT2D eigenvalue weighted by Gasteiger charge is -2.35. The minimum atomic E-state index is -3.02. The molecule has 1 fully saturated rings. The highest BCUT2D eigenvalue weighted by molar-refractivity contribution is 4.86. The zero-order valence-electron chi connectivity index (χ0n) is 6.71. The van der Waals surface area contributed by atoms with E-state index >= 15 is 0 Å². The van der Waals surface area contributed by atoms with Crippen LogP contribution in [-0.4, -0.2) is 53.4 Å². The Hall–Kier alpha value is -0.260. The highest BCUT2D eigenvalue weighted by Crippen LogP contribution is 2.26. The van der Waals surface area contributed by atoms with Crippen LogP contribution in [0.25, 0.3) is 0 Å². The average molecular weight is 181 g/mol. The molecule has 1 rings (SSSR count). The van der Waals surface area contributed by atoms with Gasteiger partial charge in [-0.25, -0.2) is 8.78 Å². The molecule has 3 nitrogen and oxygen atoms in total. The van der Waals surface area contributed by atoms with Gasteiger partial charge in [-0.1, -0.05) is 0 Å². The standard InChI is InChI=1S/C7H13F2NO2/c8-7(9)5-10(3-4-11)2-1-6(7)12/h6,11-12H,1-5H2/t6-/m1/s1. The molecule has 1 saturated heterocycles. The lowest BCUT2D eigenvalue weighted by atomic mass is 10.0. The Morgan fingerprint density at radius 1 is 1.50 bits per heavy atom. The average Bonchev–Trinajstić information content (AvgIpc) is 1.97. The number of likely N-dealkylation sites (tertiary alicyclic amines) is 1. The molecule has 72 valence electrons. The first-order valence-electron chi connectivity index (χ1n) is 3.95. The Morgan fingerprint density at radius 3 is 2.67 bits per heavy atom. The van der Waals surface area contributed by atoms with Gasteiger partial charge in [0.15, 0.2) is 0 Å². The third-order valence-electron chi connectivity index (χ3n) is 2.06. The van der Waals surface area contributed by atoms with Crippen LogP contribution in [0.3, 0.4) is 0 Å². The molecule has 12 heavy (non-hydrogen) atoms. The van der Waals surface area contributed by atoms with Crippen LogP contribution < -0.4 is 0 Å². The SMILES string of the molecule is OCCN1CC[C@@H](O)C(F)(F)C1. The maximum atomic E-state index is 12.8. The summed E-state index contributed by atoms with van der Waals surface area (Å²) >= 11 is 0. The van der Waals surface area contributed by atoms with Crippen LogP contribution >= 0.6 is 0 Å². The lowest BCUT2D eigenvalue weighted by molar-refractivity contribution is -0.150. The van der Waals surface area contributed by atoms with Crippen molar-refractivity contribution in [3.05, 3.63) is 0 Å². The predicted octanol–water partition coefficient (Wildman–Crippen LogP) is -0.319. The van der Waals surface area contributed by atoms with Gasteiger partial charge in [-0.15, -0.1) is 0 Å². The van der Waals surface area contributed by atoms with Crippen LogP contribution in [-0.2, 0) is 0 Å². The lowest BCUT2D eigenvalue weighted by Crippen LogP contribution is -2.52. The van der Waals surface area contributed by atoms with Gasteiger partial charge in [-0.2, -0.15) is 0 Å². The molecule has 0 aromatic carbocycles. The van der Waals surface area contributed by atoms with Crippen molar-refractivity contribution in [2.24, 2.45) is 0 Å².